The highest BCUT2D eigenvalue weighted by molar-refractivity contribution is 7.16. The second-order valence-corrected chi connectivity index (χ2v) is 9.03. The number of amides is 1. The van der Waals surface area contributed by atoms with Crippen molar-refractivity contribution in [2.24, 2.45) is 5.92 Å². The van der Waals surface area contributed by atoms with Gasteiger partial charge in [-0.2, -0.15) is 23.5 Å². The van der Waals surface area contributed by atoms with Crippen molar-refractivity contribution in [3.8, 4) is 17.5 Å². The van der Waals surface area contributed by atoms with Crippen LogP contribution >= 0.6 is 11.3 Å². The second kappa shape index (κ2) is 7.74. The van der Waals surface area contributed by atoms with Crippen LogP contribution in [0.25, 0.3) is 17.1 Å². The van der Waals surface area contributed by atoms with E-state index >= 15 is 0 Å². The number of nitrogens with zero attached hydrogens (tertiary/aromatic N) is 4. The molecule has 1 atom stereocenters. The highest BCUT2D eigenvalue weighted by atomic mass is 32.1. The smallest absolute Gasteiger partial charge is 0.433 e. The molecule has 0 aliphatic heterocycles. The number of nitrogens with one attached hydrogen (secondary N) is 1. The van der Waals surface area contributed by atoms with E-state index in [4.69, 9.17) is 4.42 Å². The first-order chi connectivity index (χ1) is 15.7. The number of fused-ring (bicyclic) bond motifs is 2. The largest absolute Gasteiger partial charge is 0.463 e. The van der Waals surface area contributed by atoms with Gasteiger partial charge in [0.2, 0.25) is 0 Å². The monoisotopic (exact) mass is 471 g/mol. The van der Waals surface area contributed by atoms with Crippen molar-refractivity contribution in [3.05, 3.63) is 57.9 Å². The molecular weight excluding hydrogens is 455 g/mol. The molecule has 7 nitrogen and oxygen atoms in total. The zero-order valence-corrected chi connectivity index (χ0v) is 18.0. The molecule has 0 unspecified atom stereocenters. The Morgan fingerprint density at radius 1 is 1.39 bits per heavy atom. The van der Waals surface area contributed by atoms with Gasteiger partial charge >= 0.3 is 6.18 Å². The number of furan rings is 1. The SMILES string of the molecule is C[C@@H]1CCc2c(sc(NC(=O)c3cc4nc(-c5ccco5)cc(C(F)(F)F)n4n3)c2C#N)C1. The molecule has 1 aliphatic rings. The van der Waals surface area contributed by atoms with Crippen LogP contribution < -0.4 is 5.32 Å². The van der Waals surface area contributed by atoms with Crippen molar-refractivity contribution in [1.82, 2.24) is 14.6 Å². The third-order valence-corrected chi connectivity index (χ3v) is 6.74. The van der Waals surface area contributed by atoms with Gasteiger partial charge < -0.3 is 9.73 Å². The Morgan fingerprint density at radius 2 is 2.21 bits per heavy atom. The number of rotatable bonds is 3. The predicted octanol–water partition coefficient (Wildman–Crippen LogP) is 5.32. The van der Waals surface area contributed by atoms with E-state index in [9.17, 15) is 23.2 Å². The highest BCUT2D eigenvalue weighted by Crippen LogP contribution is 2.39. The molecule has 0 bridgehead atoms. The lowest BCUT2D eigenvalue weighted by Crippen LogP contribution is -2.15. The molecule has 1 amide bonds. The molecule has 1 N–H and O–H groups in total. The van der Waals surface area contributed by atoms with E-state index in [1.165, 1.54) is 35.8 Å². The van der Waals surface area contributed by atoms with Gasteiger partial charge in [0.25, 0.3) is 5.91 Å². The van der Waals surface area contributed by atoms with Crippen LogP contribution in [0.5, 0.6) is 0 Å². The van der Waals surface area contributed by atoms with E-state index < -0.39 is 17.8 Å². The van der Waals surface area contributed by atoms with Gasteiger partial charge in [-0.25, -0.2) is 9.50 Å². The zero-order chi connectivity index (χ0) is 23.3. The first-order valence-corrected chi connectivity index (χ1v) is 10.9. The van der Waals surface area contributed by atoms with Crippen molar-refractivity contribution in [3.63, 3.8) is 0 Å². The molecule has 0 fully saturated rings. The summed E-state index contributed by atoms with van der Waals surface area (Å²) in [6.45, 7) is 2.13. The van der Waals surface area contributed by atoms with Crippen LogP contribution in [0.3, 0.4) is 0 Å². The van der Waals surface area contributed by atoms with Crippen LogP contribution in [-0.4, -0.2) is 20.5 Å². The van der Waals surface area contributed by atoms with E-state index in [1.807, 2.05) is 0 Å². The summed E-state index contributed by atoms with van der Waals surface area (Å²) >= 11 is 1.33. The van der Waals surface area contributed by atoms with Gasteiger partial charge in [0, 0.05) is 10.9 Å². The Kier molecular flexibility index (Phi) is 4.97. The van der Waals surface area contributed by atoms with Crippen LogP contribution in [-0.2, 0) is 19.0 Å². The van der Waals surface area contributed by atoms with Gasteiger partial charge in [-0.3, -0.25) is 4.79 Å². The van der Waals surface area contributed by atoms with Gasteiger partial charge in [-0.05, 0) is 48.9 Å². The number of alkyl halides is 3. The maximum atomic E-state index is 13.7. The number of anilines is 1. The zero-order valence-electron chi connectivity index (χ0n) is 17.2. The third-order valence-electron chi connectivity index (χ3n) is 5.57. The van der Waals surface area contributed by atoms with Crippen LogP contribution in [0.1, 0.15) is 45.5 Å². The van der Waals surface area contributed by atoms with Crippen LogP contribution in [0.15, 0.2) is 34.9 Å². The molecule has 4 aromatic rings. The van der Waals surface area contributed by atoms with Gasteiger partial charge in [-0.1, -0.05) is 6.92 Å². The Balaban J connectivity index is 1.53. The van der Waals surface area contributed by atoms with Gasteiger partial charge in [0.15, 0.2) is 22.8 Å². The Hall–Kier alpha value is -3.65. The fourth-order valence-corrected chi connectivity index (χ4v) is 5.32. The van der Waals surface area contributed by atoms with E-state index in [0.29, 0.717) is 21.0 Å². The Bertz CT molecular complexity index is 1410. The molecule has 0 saturated carbocycles. The first-order valence-electron chi connectivity index (χ1n) is 10.1. The number of hydrogen-bond donors (Lipinski definition) is 1. The van der Waals surface area contributed by atoms with Crippen molar-refractivity contribution >= 4 is 27.9 Å². The quantitative estimate of drug-likeness (QED) is 0.436. The van der Waals surface area contributed by atoms with E-state index in [-0.39, 0.29) is 22.8 Å². The normalized spacial score (nSPS) is 15.9. The standard InChI is InChI=1S/C22H16F3N5O2S/c1-11-4-5-12-13(10-26)21(33-17(12)7-11)28-20(31)15-9-19-27-14(16-3-2-6-32-16)8-18(22(23,24)25)30(19)29-15/h2-3,6,8-9,11H,4-5,7H2,1H3,(H,28,31)/t11-/m1/s1. The van der Waals surface area contributed by atoms with Crippen molar-refractivity contribution in [2.75, 3.05) is 5.32 Å². The molecule has 1 aliphatic carbocycles. The molecule has 0 saturated heterocycles. The van der Waals surface area contributed by atoms with Crippen molar-refractivity contribution < 1.29 is 22.4 Å². The predicted molar refractivity (Wildman–Crippen MR) is 114 cm³/mol. The summed E-state index contributed by atoms with van der Waals surface area (Å²) < 4.78 is 46.9. The topological polar surface area (TPSA) is 96.2 Å². The summed E-state index contributed by atoms with van der Waals surface area (Å²) in [5, 5.41) is 16.5. The molecule has 0 aromatic carbocycles. The summed E-state index contributed by atoms with van der Waals surface area (Å²) in [6.07, 6.45) is -0.859. The lowest BCUT2D eigenvalue weighted by Gasteiger charge is -2.17. The van der Waals surface area contributed by atoms with E-state index in [1.54, 1.807) is 0 Å². The molecule has 4 heterocycles. The lowest BCUT2D eigenvalue weighted by molar-refractivity contribution is -0.142. The van der Waals surface area contributed by atoms with Crippen LogP contribution in [0, 0.1) is 17.2 Å². The summed E-state index contributed by atoms with van der Waals surface area (Å²) in [5.41, 5.74) is -0.160. The minimum absolute atomic E-state index is 0.0292. The molecule has 0 spiro atoms. The summed E-state index contributed by atoms with van der Waals surface area (Å²) in [5.74, 6) is -0.0662. The highest BCUT2D eigenvalue weighted by Gasteiger charge is 2.36. The fourth-order valence-electron chi connectivity index (χ4n) is 3.96. The maximum absolute atomic E-state index is 13.7. The van der Waals surface area contributed by atoms with E-state index in [2.05, 4.69) is 28.4 Å². The number of carbonyl (C=O) groups excluding carboxylic acids is 1. The molecule has 0 radical (unpaired) electrons. The number of carbonyl (C=O) groups is 1. The van der Waals surface area contributed by atoms with Crippen LogP contribution in [0.4, 0.5) is 18.2 Å². The average molecular weight is 471 g/mol. The lowest BCUT2D eigenvalue weighted by atomic mass is 9.89. The maximum Gasteiger partial charge on any atom is 0.433 e. The Labute approximate surface area is 189 Å². The van der Waals surface area contributed by atoms with Gasteiger partial charge in [0.1, 0.15) is 16.8 Å². The molecule has 33 heavy (non-hydrogen) atoms. The molecular formula is C22H16F3N5O2S. The second-order valence-electron chi connectivity index (χ2n) is 7.92. The van der Waals surface area contributed by atoms with Crippen LogP contribution in [0.2, 0.25) is 0 Å². The fraction of sp³-hybridized carbons (Fsp3) is 0.273. The summed E-state index contributed by atoms with van der Waals surface area (Å²) in [7, 11) is 0. The average Bonchev–Trinajstić information content (AvgIpc) is 3.49. The molecule has 4 aromatic heterocycles. The number of aromatic nitrogens is 3. The van der Waals surface area contributed by atoms with Crippen molar-refractivity contribution in [2.45, 2.75) is 32.4 Å². The first kappa shape index (κ1) is 21.2. The summed E-state index contributed by atoms with van der Waals surface area (Å²) in [6, 6.07) is 7.19. The summed E-state index contributed by atoms with van der Waals surface area (Å²) in [4.78, 5) is 18.1. The third kappa shape index (κ3) is 3.76. The number of hydrogen-bond acceptors (Lipinski definition) is 6. The minimum atomic E-state index is -4.74. The van der Waals surface area contributed by atoms with E-state index in [0.717, 1.165) is 35.8 Å². The van der Waals surface area contributed by atoms with Gasteiger partial charge in [-0.15, -0.1) is 11.3 Å². The Morgan fingerprint density at radius 3 is 2.91 bits per heavy atom. The van der Waals surface area contributed by atoms with Crippen molar-refractivity contribution in [1.29, 1.82) is 5.26 Å². The minimum Gasteiger partial charge on any atom is -0.463 e. The number of thiophene rings is 1. The number of nitriles is 1. The molecule has 5 rings (SSSR count). The molecule has 11 heteroatoms. The molecule has 168 valence electrons. The van der Waals surface area contributed by atoms with Gasteiger partial charge in [0.05, 0.1) is 11.8 Å². The number of halogens is 3.